The number of anilines is 1. The minimum Gasteiger partial charge on any atom is -0.349 e. The quantitative estimate of drug-likeness (QED) is 0.628. The van der Waals surface area contributed by atoms with Crippen LogP contribution in [-0.4, -0.2) is 36.5 Å². The number of urea groups is 1. The molecule has 0 saturated heterocycles. The van der Waals surface area contributed by atoms with E-state index in [4.69, 9.17) is 5.73 Å². The Balaban J connectivity index is 2.76. The molecule has 0 radical (unpaired) electrons. The first kappa shape index (κ1) is 22.0. The lowest BCUT2D eigenvalue weighted by Crippen LogP contribution is -2.46. The third kappa shape index (κ3) is 5.21. The van der Waals surface area contributed by atoms with E-state index in [1.165, 1.54) is 0 Å². The van der Waals surface area contributed by atoms with E-state index in [1.807, 2.05) is 58.9 Å². The Morgan fingerprint density at radius 3 is 2.04 bits per heavy atom. The van der Waals surface area contributed by atoms with Crippen LogP contribution < -0.4 is 16.4 Å². The van der Waals surface area contributed by atoms with E-state index in [2.05, 4.69) is 10.6 Å². The predicted molar refractivity (Wildman–Crippen MR) is 107 cm³/mol. The number of carbonyl (C=O) groups excluding carboxylic acids is 2. The molecule has 3 amide bonds. The fourth-order valence-corrected chi connectivity index (χ4v) is 2.95. The molecule has 0 spiro atoms. The Labute approximate surface area is 157 Å². The van der Waals surface area contributed by atoms with Crippen molar-refractivity contribution in [1.82, 2.24) is 10.2 Å². The normalized spacial score (nSPS) is 12.4. The summed E-state index contributed by atoms with van der Waals surface area (Å²) in [7, 11) is 0. The molecule has 0 bridgehead atoms. The van der Waals surface area contributed by atoms with Crippen LogP contribution >= 0.6 is 0 Å². The Morgan fingerprint density at radius 2 is 1.62 bits per heavy atom. The van der Waals surface area contributed by atoms with Crippen LogP contribution in [0.15, 0.2) is 24.3 Å². The van der Waals surface area contributed by atoms with Crippen LogP contribution in [0.4, 0.5) is 10.5 Å². The number of nitrogens with two attached hydrogens (primary N) is 1. The summed E-state index contributed by atoms with van der Waals surface area (Å²) in [4.78, 5) is 26.5. The summed E-state index contributed by atoms with van der Waals surface area (Å²) in [5.41, 5.74) is 7.07. The summed E-state index contributed by atoms with van der Waals surface area (Å²) < 4.78 is 0. The smallest absolute Gasteiger partial charge is 0.321 e. The molecule has 0 aliphatic carbocycles. The fraction of sp³-hybridized carbons (Fsp3) is 0.600. The Bertz CT molecular complexity index is 570. The van der Waals surface area contributed by atoms with Crippen LogP contribution in [0.25, 0.3) is 0 Å². The zero-order valence-electron chi connectivity index (χ0n) is 16.8. The zero-order valence-corrected chi connectivity index (χ0v) is 16.8. The van der Waals surface area contributed by atoms with Gasteiger partial charge in [-0.05, 0) is 51.3 Å². The molecule has 0 heterocycles. The second kappa shape index (κ2) is 10.2. The summed E-state index contributed by atoms with van der Waals surface area (Å²) in [6, 6.07) is 7.32. The van der Waals surface area contributed by atoms with Gasteiger partial charge in [0.05, 0.1) is 11.5 Å². The van der Waals surface area contributed by atoms with E-state index in [1.54, 1.807) is 4.90 Å². The second-order valence-electron chi connectivity index (χ2n) is 6.61. The van der Waals surface area contributed by atoms with Gasteiger partial charge in [-0.2, -0.15) is 0 Å². The van der Waals surface area contributed by atoms with Crippen molar-refractivity contribution in [2.24, 2.45) is 11.1 Å². The maximum absolute atomic E-state index is 12.6. The Kier molecular flexibility index (Phi) is 8.58. The van der Waals surface area contributed by atoms with Crippen molar-refractivity contribution in [3.8, 4) is 0 Å². The average Bonchev–Trinajstić information content (AvgIpc) is 2.65. The lowest BCUT2D eigenvalue weighted by Gasteiger charge is -2.30. The number of benzene rings is 1. The summed E-state index contributed by atoms with van der Waals surface area (Å²) in [5, 5.41) is 5.96. The predicted octanol–water partition coefficient (Wildman–Crippen LogP) is 3.50. The number of nitrogens with zero attached hydrogens (tertiary/aromatic N) is 1. The molecule has 1 aromatic carbocycles. The van der Waals surface area contributed by atoms with Gasteiger partial charge in [0.1, 0.15) is 0 Å². The van der Waals surface area contributed by atoms with Gasteiger partial charge in [-0.15, -0.1) is 0 Å². The summed E-state index contributed by atoms with van der Waals surface area (Å²) in [5.74, 6) is -0.00332. The molecule has 1 aromatic rings. The molecule has 0 fully saturated rings. The molecule has 0 aromatic heterocycles. The van der Waals surface area contributed by atoms with Crippen LogP contribution in [0.2, 0.25) is 0 Å². The van der Waals surface area contributed by atoms with Gasteiger partial charge in [0.15, 0.2) is 0 Å². The molecule has 26 heavy (non-hydrogen) atoms. The Morgan fingerprint density at radius 1 is 1.08 bits per heavy atom. The first-order valence-electron chi connectivity index (χ1n) is 9.54. The number of carbonyl (C=O) groups is 2. The first-order chi connectivity index (χ1) is 12.4. The standard InChI is InChI=1S/C20H34N4O2/c1-6-20(7-2,14-21)18(25)22-15(5)16-10-12-17(13-11-16)23-19(26)24(8-3)9-4/h10-13,15H,6-9,14,21H2,1-5H3,(H,22,25)(H,23,26). The number of hydrogen-bond donors (Lipinski definition) is 3. The third-order valence-electron chi connectivity index (χ3n) is 5.29. The van der Waals surface area contributed by atoms with Crippen LogP contribution in [-0.2, 0) is 4.79 Å². The lowest BCUT2D eigenvalue weighted by molar-refractivity contribution is -0.131. The molecule has 6 heteroatoms. The third-order valence-corrected chi connectivity index (χ3v) is 5.29. The van der Waals surface area contributed by atoms with Gasteiger partial charge in [0.25, 0.3) is 0 Å². The lowest BCUT2D eigenvalue weighted by atomic mass is 9.81. The number of hydrogen-bond acceptors (Lipinski definition) is 3. The topological polar surface area (TPSA) is 87.5 Å². The highest BCUT2D eigenvalue weighted by atomic mass is 16.2. The summed E-state index contributed by atoms with van der Waals surface area (Å²) in [6.07, 6.45) is 1.43. The molecule has 0 aliphatic rings. The van der Waals surface area contributed by atoms with Crippen molar-refractivity contribution in [3.63, 3.8) is 0 Å². The van der Waals surface area contributed by atoms with E-state index in [-0.39, 0.29) is 18.0 Å². The highest BCUT2D eigenvalue weighted by Gasteiger charge is 2.34. The van der Waals surface area contributed by atoms with E-state index >= 15 is 0 Å². The maximum Gasteiger partial charge on any atom is 0.321 e. The average molecular weight is 363 g/mol. The van der Waals surface area contributed by atoms with Crippen LogP contribution in [0, 0.1) is 5.41 Å². The largest absolute Gasteiger partial charge is 0.349 e. The van der Waals surface area contributed by atoms with Crippen molar-refractivity contribution in [3.05, 3.63) is 29.8 Å². The van der Waals surface area contributed by atoms with Crippen molar-refractivity contribution in [2.45, 2.75) is 53.5 Å². The van der Waals surface area contributed by atoms with Gasteiger partial charge >= 0.3 is 6.03 Å². The van der Waals surface area contributed by atoms with Gasteiger partial charge in [0, 0.05) is 25.3 Å². The van der Waals surface area contributed by atoms with Gasteiger partial charge < -0.3 is 21.3 Å². The minimum atomic E-state index is -0.508. The number of amides is 3. The van der Waals surface area contributed by atoms with E-state index < -0.39 is 5.41 Å². The van der Waals surface area contributed by atoms with Gasteiger partial charge in [-0.25, -0.2) is 4.79 Å². The summed E-state index contributed by atoms with van der Waals surface area (Å²) >= 11 is 0. The Hall–Kier alpha value is -2.08. The van der Waals surface area contributed by atoms with Gasteiger partial charge in [0.2, 0.25) is 5.91 Å². The van der Waals surface area contributed by atoms with E-state index in [9.17, 15) is 9.59 Å². The SMILES string of the molecule is CCN(CC)C(=O)Nc1ccc(C(C)NC(=O)C(CC)(CC)CN)cc1. The molecule has 0 aliphatic heterocycles. The molecular formula is C20H34N4O2. The van der Waals surface area contributed by atoms with Crippen LogP contribution in [0.5, 0.6) is 0 Å². The molecule has 4 N–H and O–H groups in total. The highest BCUT2D eigenvalue weighted by Crippen LogP contribution is 2.26. The van der Waals surface area contributed by atoms with Crippen LogP contribution in [0.1, 0.15) is 59.1 Å². The maximum atomic E-state index is 12.6. The highest BCUT2D eigenvalue weighted by molar-refractivity contribution is 5.89. The molecule has 1 rings (SSSR count). The van der Waals surface area contributed by atoms with E-state index in [0.29, 0.717) is 19.6 Å². The van der Waals surface area contributed by atoms with Crippen LogP contribution in [0.3, 0.4) is 0 Å². The molecule has 146 valence electrons. The number of nitrogens with one attached hydrogen (secondary N) is 2. The van der Waals surface area contributed by atoms with Crippen molar-refractivity contribution >= 4 is 17.6 Å². The monoisotopic (exact) mass is 362 g/mol. The second-order valence-corrected chi connectivity index (χ2v) is 6.61. The minimum absolute atomic E-state index is 0.00332. The molecule has 1 atom stereocenters. The van der Waals surface area contributed by atoms with Gasteiger partial charge in [-0.1, -0.05) is 26.0 Å². The number of rotatable bonds is 9. The molecule has 1 unspecified atom stereocenters. The molecular weight excluding hydrogens is 328 g/mol. The van der Waals surface area contributed by atoms with E-state index in [0.717, 1.165) is 24.1 Å². The van der Waals surface area contributed by atoms with Crippen molar-refractivity contribution in [1.29, 1.82) is 0 Å². The zero-order chi connectivity index (χ0) is 19.7. The fourth-order valence-electron chi connectivity index (χ4n) is 2.95. The van der Waals surface area contributed by atoms with Crippen molar-refractivity contribution in [2.75, 3.05) is 25.0 Å². The summed E-state index contributed by atoms with van der Waals surface area (Å²) in [6.45, 7) is 11.5. The molecule has 0 saturated carbocycles. The van der Waals surface area contributed by atoms with Crippen molar-refractivity contribution < 1.29 is 9.59 Å². The first-order valence-corrected chi connectivity index (χ1v) is 9.54. The van der Waals surface area contributed by atoms with Gasteiger partial charge in [-0.3, -0.25) is 4.79 Å². The molecule has 6 nitrogen and oxygen atoms in total.